The van der Waals surface area contributed by atoms with Crippen LogP contribution in [0.3, 0.4) is 0 Å². The Balaban J connectivity index is 3.01. The van der Waals surface area contributed by atoms with Crippen molar-refractivity contribution in [2.45, 2.75) is 27.7 Å². The molecule has 0 aliphatic heterocycles. The molecule has 0 aromatic heterocycles. The van der Waals surface area contributed by atoms with E-state index in [1.54, 1.807) is 6.92 Å². The molecule has 0 bridgehead atoms. The van der Waals surface area contributed by atoms with Crippen LogP contribution in [0.2, 0.25) is 0 Å². The summed E-state index contributed by atoms with van der Waals surface area (Å²) in [7, 11) is 0. The first-order chi connectivity index (χ1) is 7.54. The zero-order chi connectivity index (χ0) is 12.1. The summed E-state index contributed by atoms with van der Waals surface area (Å²) in [5.41, 5.74) is 4.30. The number of carbonyl (C=O) groups excluding carboxylic acids is 1. The van der Waals surface area contributed by atoms with E-state index in [0.29, 0.717) is 6.61 Å². The van der Waals surface area contributed by atoms with Crippen LogP contribution >= 0.6 is 0 Å². The van der Waals surface area contributed by atoms with Crippen LogP contribution in [0.1, 0.15) is 29.2 Å². The maximum absolute atomic E-state index is 11.1. The zero-order valence-electron chi connectivity index (χ0n) is 10.2. The van der Waals surface area contributed by atoms with Gasteiger partial charge in [0, 0.05) is 11.5 Å². The Labute approximate surface area is 96.6 Å². The van der Waals surface area contributed by atoms with Gasteiger partial charge in [-0.15, -0.1) is 0 Å². The summed E-state index contributed by atoms with van der Waals surface area (Å²) < 4.78 is 4.75. The van der Waals surface area contributed by atoms with Crippen molar-refractivity contribution in [2.24, 2.45) is 0 Å². The van der Waals surface area contributed by atoms with Gasteiger partial charge in [-0.1, -0.05) is 23.6 Å². The highest BCUT2D eigenvalue weighted by Crippen LogP contribution is 2.14. The van der Waals surface area contributed by atoms with E-state index in [4.69, 9.17) is 4.74 Å². The van der Waals surface area contributed by atoms with Crippen molar-refractivity contribution < 1.29 is 9.53 Å². The van der Waals surface area contributed by atoms with E-state index in [0.717, 1.165) is 16.7 Å². The molecule has 0 heterocycles. The number of carbonyl (C=O) groups is 1. The minimum atomic E-state index is -0.470. The third kappa shape index (κ3) is 3.13. The monoisotopic (exact) mass is 216 g/mol. The summed E-state index contributed by atoms with van der Waals surface area (Å²) in [6.07, 6.45) is 0. The van der Waals surface area contributed by atoms with Crippen molar-refractivity contribution >= 4 is 5.97 Å². The van der Waals surface area contributed by atoms with Crippen molar-refractivity contribution in [3.05, 3.63) is 34.4 Å². The summed E-state index contributed by atoms with van der Waals surface area (Å²) in [6.45, 7) is 8.16. The number of rotatable bonds is 1. The molecule has 2 heteroatoms. The summed E-state index contributed by atoms with van der Waals surface area (Å²) >= 11 is 0. The second-order valence-electron chi connectivity index (χ2n) is 3.74. The number of esters is 1. The molecule has 0 amide bonds. The lowest BCUT2D eigenvalue weighted by Crippen LogP contribution is -2.00. The molecule has 0 aliphatic carbocycles. The molecule has 0 fully saturated rings. The molecule has 16 heavy (non-hydrogen) atoms. The van der Waals surface area contributed by atoms with Crippen LogP contribution in [0.4, 0.5) is 0 Å². The zero-order valence-corrected chi connectivity index (χ0v) is 10.2. The van der Waals surface area contributed by atoms with Crippen molar-refractivity contribution in [1.82, 2.24) is 0 Å². The molecule has 0 unspecified atom stereocenters. The van der Waals surface area contributed by atoms with Gasteiger partial charge >= 0.3 is 5.97 Å². The fourth-order valence-electron chi connectivity index (χ4n) is 1.66. The summed E-state index contributed by atoms with van der Waals surface area (Å²) in [5.74, 6) is 4.89. The van der Waals surface area contributed by atoms with E-state index in [1.807, 2.05) is 20.8 Å². The van der Waals surface area contributed by atoms with Crippen molar-refractivity contribution in [1.29, 1.82) is 0 Å². The van der Waals surface area contributed by atoms with Crippen LogP contribution in [0.15, 0.2) is 12.1 Å². The minimum absolute atomic E-state index is 0.360. The number of hydrogen-bond donors (Lipinski definition) is 0. The summed E-state index contributed by atoms with van der Waals surface area (Å²) in [5, 5.41) is 0. The largest absolute Gasteiger partial charge is 0.456 e. The van der Waals surface area contributed by atoms with Gasteiger partial charge in [0.25, 0.3) is 0 Å². The van der Waals surface area contributed by atoms with Gasteiger partial charge in [0.05, 0.1) is 6.61 Å². The van der Waals surface area contributed by atoms with Crippen molar-refractivity contribution in [2.75, 3.05) is 6.61 Å². The fraction of sp³-hybridized carbons (Fsp3) is 0.357. The minimum Gasteiger partial charge on any atom is -0.456 e. The second-order valence-corrected chi connectivity index (χ2v) is 3.74. The fourth-order valence-corrected chi connectivity index (χ4v) is 1.66. The van der Waals surface area contributed by atoms with Gasteiger partial charge in [-0.25, -0.2) is 4.79 Å². The normalized spacial score (nSPS) is 9.25. The molecule has 1 aromatic rings. The topological polar surface area (TPSA) is 26.3 Å². The molecular formula is C14H16O2. The van der Waals surface area contributed by atoms with Crippen LogP contribution < -0.4 is 0 Å². The molecule has 0 saturated heterocycles. The molecule has 0 saturated carbocycles. The van der Waals surface area contributed by atoms with Gasteiger partial charge in [-0.2, -0.15) is 0 Å². The average molecular weight is 216 g/mol. The predicted octanol–water partition coefficient (Wildman–Crippen LogP) is 2.53. The van der Waals surface area contributed by atoms with E-state index in [-0.39, 0.29) is 0 Å². The molecule has 1 rings (SSSR count). The Morgan fingerprint density at radius 1 is 1.25 bits per heavy atom. The number of hydrogen-bond acceptors (Lipinski definition) is 2. The maximum Gasteiger partial charge on any atom is 0.384 e. The second kappa shape index (κ2) is 5.37. The number of ether oxygens (including phenoxy) is 1. The molecule has 0 spiro atoms. The lowest BCUT2D eigenvalue weighted by atomic mass is 10.0. The lowest BCUT2D eigenvalue weighted by molar-refractivity contribution is -0.136. The first-order valence-corrected chi connectivity index (χ1v) is 5.31. The molecule has 1 aromatic carbocycles. The SMILES string of the molecule is CCOC(=O)C#Cc1c(C)cc(C)cc1C. The van der Waals surface area contributed by atoms with E-state index in [2.05, 4.69) is 24.0 Å². The van der Waals surface area contributed by atoms with Gasteiger partial charge < -0.3 is 4.74 Å². The maximum atomic E-state index is 11.1. The molecular weight excluding hydrogens is 200 g/mol. The predicted molar refractivity (Wildman–Crippen MR) is 64.2 cm³/mol. The quantitative estimate of drug-likeness (QED) is 0.532. The van der Waals surface area contributed by atoms with Gasteiger partial charge in [0.1, 0.15) is 0 Å². The van der Waals surface area contributed by atoms with Crippen LogP contribution in [-0.2, 0) is 9.53 Å². The Morgan fingerprint density at radius 2 is 1.81 bits per heavy atom. The summed E-state index contributed by atoms with van der Waals surface area (Å²) in [4.78, 5) is 11.1. The lowest BCUT2D eigenvalue weighted by Gasteiger charge is -2.04. The Kier molecular flexibility index (Phi) is 4.13. The number of benzene rings is 1. The van der Waals surface area contributed by atoms with Gasteiger partial charge in [0.2, 0.25) is 0 Å². The van der Waals surface area contributed by atoms with Crippen LogP contribution in [-0.4, -0.2) is 12.6 Å². The molecule has 0 atom stereocenters. The van der Waals surface area contributed by atoms with E-state index < -0.39 is 5.97 Å². The number of aryl methyl sites for hydroxylation is 3. The Hall–Kier alpha value is -1.75. The standard InChI is InChI=1S/C14H16O2/c1-5-16-14(15)7-6-13-11(3)8-10(2)9-12(13)4/h8-9H,5H2,1-4H3. The Bertz CT molecular complexity index is 438. The van der Waals surface area contributed by atoms with E-state index in [1.165, 1.54) is 5.56 Å². The first kappa shape index (κ1) is 12.3. The molecule has 0 radical (unpaired) electrons. The average Bonchev–Trinajstić information content (AvgIpc) is 2.16. The Morgan fingerprint density at radius 3 is 2.31 bits per heavy atom. The smallest absolute Gasteiger partial charge is 0.384 e. The highest BCUT2D eigenvalue weighted by Gasteiger charge is 2.01. The van der Waals surface area contributed by atoms with Crippen LogP contribution in [0.5, 0.6) is 0 Å². The van der Waals surface area contributed by atoms with Gasteiger partial charge in [-0.05, 0) is 38.8 Å². The van der Waals surface area contributed by atoms with E-state index in [9.17, 15) is 4.79 Å². The van der Waals surface area contributed by atoms with Crippen molar-refractivity contribution in [3.8, 4) is 11.8 Å². The molecule has 2 nitrogen and oxygen atoms in total. The van der Waals surface area contributed by atoms with Crippen molar-refractivity contribution in [3.63, 3.8) is 0 Å². The first-order valence-electron chi connectivity index (χ1n) is 5.31. The van der Waals surface area contributed by atoms with E-state index >= 15 is 0 Å². The van der Waals surface area contributed by atoms with Crippen LogP contribution in [0, 0.1) is 32.6 Å². The van der Waals surface area contributed by atoms with Gasteiger partial charge in [-0.3, -0.25) is 0 Å². The third-order valence-corrected chi connectivity index (χ3v) is 2.24. The van der Waals surface area contributed by atoms with Gasteiger partial charge in [0.15, 0.2) is 0 Å². The van der Waals surface area contributed by atoms with Crippen LogP contribution in [0.25, 0.3) is 0 Å². The molecule has 0 N–H and O–H groups in total. The highest BCUT2D eigenvalue weighted by atomic mass is 16.5. The molecule has 84 valence electrons. The molecule has 0 aliphatic rings. The third-order valence-electron chi connectivity index (χ3n) is 2.24. The highest BCUT2D eigenvalue weighted by molar-refractivity contribution is 5.89. The summed E-state index contributed by atoms with van der Waals surface area (Å²) in [6, 6.07) is 4.12.